The monoisotopic (exact) mass is 250 g/mol. The van der Waals surface area contributed by atoms with Crippen molar-refractivity contribution >= 4 is 11.7 Å². The molecule has 1 fully saturated rings. The summed E-state index contributed by atoms with van der Waals surface area (Å²) in [5, 5.41) is 9.38. The number of carbonyl (C=O) groups is 1. The van der Waals surface area contributed by atoms with E-state index in [0.29, 0.717) is 19.6 Å². The second-order valence-electron chi connectivity index (χ2n) is 4.52. The Morgan fingerprint density at radius 3 is 2.89 bits per heavy atom. The molecule has 2 heterocycles. The summed E-state index contributed by atoms with van der Waals surface area (Å²) < 4.78 is 0. The fraction of sp³-hybridized carbons (Fsp3) is 0.583. The van der Waals surface area contributed by atoms with Gasteiger partial charge in [0.15, 0.2) is 0 Å². The number of nitrogens with zero attached hydrogens (tertiary/aromatic N) is 4. The molecule has 0 spiro atoms. The van der Waals surface area contributed by atoms with Crippen LogP contribution in [0.4, 0.5) is 5.82 Å². The van der Waals surface area contributed by atoms with Gasteiger partial charge in [-0.3, -0.25) is 9.78 Å². The number of anilines is 1. The lowest BCUT2D eigenvalue weighted by molar-refractivity contribution is -0.129. The lowest BCUT2D eigenvalue weighted by Crippen LogP contribution is -2.35. The minimum absolute atomic E-state index is 0.0504. The second kappa shape index (κ2) is 5.77. The van der Waals surface area contributed by atoms with Crippen molar-refractivity contribution in [2.24, 2.45) is 5.92 Å². The van der Waals surface area contributed by atoms with Gasteiger partial charge in [0.1, 0.15) is 5.82 Å². The maximum Gasteiger partial charge on any atom is 0.219 e. The van der Waals surface area contributed by atoms with Crippen LogP contribution in [-0.4, -0.2) is 58.7 Å². The minimum atomic E-state index is 0.0504. The summed E-state index contributed by atoms with van der Waals surface area (Å²) in [4.78, 5) is 23.6. The van der Waals surface area contributed by atoms with E-state index in [0.717, 1.165) is 12.4 Å². The van der Waals surface area contributed by atoms with Crippen molar-refractivity contribution < 1.29 is 9.90 Å². The first-order valence-electron chi connectivity index (χ1n) is 6.08. The van der Waals surface area contributed by atoms with Crippen molar-refractivity contribution in [3.63, 3.8) is 0 Å². The molecular formula is C12H18N4O2. The van der Waals surface area contributed by atoms with Gasteiger partial charge in [0.05, 0.1) is 6.20 Å². The second-order valence-corrected chi connectivity index (χ2v) is 4.52. The lowest BCUT2D eigenvalue weighted by atomic mass is 10.1. The topological polar surface area (TPSA) is 69.6 Å². The van der Waals surface area contributed by atoms with Gasteiger partial charge in [-0.15, -0.1) is 0 Å². The zero-order valence-corrected chi connectivity index (χ0v) is 10.5. The highest BCUT2D eigenvalue weighted by Crippen LogP contribution is 2.15. The maximum absolute atomic E-state index is 11.5. The molecule has 1 amide bonds. The van der Waals surface area contributed by atoms with Gasteiger partial charge >= 0.3 is 0 Å². The smallest absolute Gasteiger partial charge is 0.219 e. The zero-order chi connectivity index (χ0) is 13.0. The quantitative estimate of drug-likeness (QED) is 0.784. The molecule has 6 heteroatoms. The molecule has 1 N–H and O–H groups in total. The molecule has 98 valence electrons. The predicted molar refractivity (Wildman–Crippen MR) is 67.1 cm³/mol. The molecule has 0 radical (unpaired) electrons. The third kappa shape index (κ3) is 2.95. The molecule has 1 aromatic heterocycles. The fourth-order valence-corrected chi connectivity index (χ4v) is 2.17. The van der Waals surface area contributed by atoms with Crippen molar-refractivity contribution in [3.05, 3.63) is 18.6 Å². The van der Waals surface area contributed by atoms with Crippen LogP contribution in [0.2, 0.25) is 0 Å². The van der Waals surface area contributed by atoms with E-state index in [2.05, 4.69) is 14.9 Å². The molecule has 1 aromatic rings. The molecule has 1 aliphatic rings. The normalized spacial score (nSPS) is 20.7. The third-order valence-electron chi connectivity index (χ3n) is 3.17. The highest BCUT2D eigenvalue weighted by atomic mass is 16.3. The van der Waals surface area contributed by atoms with Crippen molar-refractivity contribution in [1.29, 1.82) is 0 Å². The minimum Gasteiger partial charge on any atom is -0.396 e. The van der Waals surface area contributed by atoms with Crippen molar-refractivity contribution in [2.75, 3.05) is 37.7 Å². The molecular weight excluding hydrogens is 232 g/mol. The lowest BCUT2D eigenvalue weighted by Gasteiger charge is -2.23. The van der Waals surface area contributed by atoms with Gasteiger partial charge in [-0.25, -0.2) is 4.98 Å². The Hall–Kier alpha value is -1.69. The van der Waals surface area contributed by atoms with E-state index < -0.39 is 0 Å². The number of amides is 1. The van der Waals surface area contributed by atoms with Crippen LogP contribution < -0.4 is 4.90 Å². The van der Waals surface area contributed by atoms with E-state index >= 15 is 0 Å². The number of hydrogen-bond donors (Lipinski definition) is 1. The Kier molecular flexibility index (Phi) is 4.09. The Labute approximate surface area is 106 Å². The van der Waals surface area contributed by atoms with E-state index in [1.165, 1.54) is 0 Å². The maximum atomic E-state index is 11.5. The molecule has 0 aliphatic carbocycles. The van der Waals surface area contributed by atoms with Crippen LogP contribution in [-0.2, 0) is 4.79 Å². The molecule has 0 saturated carbocycles. The first-order valence-corrected chi connectivity index (χ1v) is 6.08. The van der Waals surface area contributed by atoms with Crippen LogP contribution >= 0.6 is 0 Å². The summed E-state index contributed by atoms with van der Waals surface area (Å²) in [5.41, 5.74) is 0. The highest BCUT2D eigenvalue weighted by molar-refractivity contribution is 5.73. The average Bonchev–Trinajstić information content (AvgIpc) is 2.62. The van der Waals surface area contributed by atoms with Gasteiger partial charge in [-0.1, -0.05) is 0 Å². The highest BCUT2D eigenvalue weighted by Gasteiger charge is 2.24. The van der Waals surface area contributed by atoms with Crippen molar-refractivity contribution in [2.45, 2.75) is 6.92 Å². The summed E-state index contributed by atoms with van der Waals surface area (Å²) in [5.74, 6) is 0.897. The van der Waals surface area contributed by atoms with Gasteiger partial charge < -0.3 is 14.9 Å². The number of aromatic nitrogens is 2. The molecule has 6 nitrogen and oxygen atoms in total. The Morgan fingerprint density at radius 1 is 1.44 bits per heavy atom. The number of carbonyl (C=O) groups excluding carboxylic acids is 1. The predicted octanol–water partition coefficient (Wildman–Crippen LogP) is -0.246. The average molecular weight is 250 g/mol. The molecule has 1 aliphatic heterocycles. The summed E-state index contributed by atoms with van der Waals surface area (Å²) in [6.45, 7) is 4.30. The number of hydrogen-bond acceptors (Lipinski definition) is 5. The fourth-order valence-electron chi connectivity index (χ4n) is 2.17. The number of aliphatic hydroxyl groups excluding tert-OH is 1. The molecule has 1 saturated heterocycles. The van der Waals surface area contributed by atoms with Gasteiger partial charge in [0.2, 0.25) is 5.91 Å². The molecule has 2 rings (SSSR count). The van der Waals surface area contributed by atoms with Crippen LogP contribution in [0.3, 0.4) is 0 Å². The summed E-state index contributed by atoms with van der Waals surface area (Å²) in [6, 6.07) is 0. The summed E-state index contributed by atoms with van der Waals surface area (Å²) in [7, 11) is 0. The number of rotatable bonds is 2. The van der Waals surface area contributed by atoms with Crippen molar-refractivity contribution in [3.8, 4) is 0 Å². The van der Waals surface area contributed by atoms with E-state index in [9.17, 15) is 9.90 Å². The van der Waals surface area contributed by atoms with Crippen LogP contribution in [0.25, 0.3) is 0 Å². The van der Waals surface area contributed by atoms with Crippen LogP contribution in [0.1, 0.15) is 6.92 Å². The Balaban J connectivity index is 2.12. The van der Waals surface area contributed by atoms with Gasteiger partial charge in [-0.2, -0.15) is 0 Å². The van der Waals surface area contributed by atoms with E-state index in [4.69, 9.17) is 0 Å². The molecule has 1 unspecified atom stereocenters. The third-order valence-corrected chi connectivity index (χ3v) is 3.17. The number of aliphatic hydroxyl groups is 1. The first kappa shape index (κ1) is 12.8. The van der Waals surface area contributed by atoms with Crippen LogP contribution in [0.15, 0.2) is 18.6 Å². The van der Waals surface area contributed by atoms with Gasteiger partial charge in [0.25, 0.3) is 0 Å². The molecule has 1 atom stereocenters. The van der Waals surface area contributed by atoms with Crippen LogP contribution in [0, 0.1) is 5.92 Å². The van der Waals surface area contributed by atoms with Crippen molar-refractivity contribution in [1.82, 2.24) is 14.9 Å². The molecule has 0 aromatic carbocycles. The van der Waals surface area contributed by atoms with Crippen LogP contribution in [0.5, 0.6) is 0 Å². The molecule has 0 bridgehead atoms. The standard InChI is InChI=1S/C12H18N4O2/c1-10(18)15-4-5-16(8-11(7-15)9-17)12-6-13-2-3-14-12/h2-3,6,11,17H,4-5,7-9H2,1H3. The molecule has 18 heavy (non-hydrogen) atoms. The van der Waals surface area contributed by atoms with E-state index in [-0.39, 0.29) is 18.4 Å². The zero-order valence-electron chi connectivity index (χ0n) is 10.5. The summed E-state index contributed by atoms with van der Waals surface area (Å²) >= 11 is 0. The summed E-state index contributed by atoms with van der Waals surface area (Å²) in [6.07, 6.45) is 4.99. The largest absolute Gasteiger partial charge is 0.396 e. The Bertz CT molecular complexity index is 398. The van der Waals surface area contributed by atoms with E-state index in [1.807, 2.05) is 0 Å². The van der Waals surface area contributed by atoms with E-state index in [1.54, 1.807) is 30.4 Å². The SMILES string of the molecule is CC(=O)N1CCN(c2cnccn2)CC(CO)C1. The first-order chi connectivity index (χ1) is 8.70. The van der Waals surface area contributed by atoms with Gasteiger partial charge in [0, 0.05) is 58.0 Å². The van der Waals surface area contributed by atoms with Gasteiger partial charge in [-0.05, 0) is 0 Å². The Morgan fingerprint density at radius 2 is 2.28 bits per heavy atom.